The number of aliphatic hydroxyl groups excluding tert-OH is 1. The molecule has 1 atom stereocenters. The SMILES string of the molecule is CC(C)CS(=O)(=O)NC(=O)c1ccc(-c2ccc(CCN(C[C@H](O)c3ccccc3)C(=O)OC(C)(C)C)cc2)cc1OC(C)C. The molecule has 2 N–H and O–H groups in total. The summed E-state index contributed by atoms with van der Waals surface area (Å²) in [5.74, 6) is -0.741. The third-order valence-corrected chi connectivity index (χ3v) is 8.18. The normalized spacial score (nSPS) is 12.6. The van der Waals surface area contributed by atoms with Gasteiger partial charge in [-0.1, -0.05) is 74.5 Å². The van der Waals surface area contributed by atoms with Crippen molar-refractivity contribution in [1.82, 2.24) is 9.62 Å². The summed E-state index contributed by atoms with van der Waals surface area (Å²) in [7, 11) is -3.79. The van der Waals surface area contributed by atoms with E-state index in [0.29, 0.717) is 13.0 Å². The molecule has 0 unspecified atom stereocenters. The van der Waals surface area contributed by atoms with E-state index in [4.69, 9.17) is 9.47 Å². The monoisotopic (exact) mass is 638 g/mol. The Labute approximate surface area is 267 Å². The highest BCUT2D eigenvalue weighted by Gasteiger charge is 2.25. The zero-order valence-electron chi connectivity index (χ0n) is 27.2. The number of carbonyl (C=O) groups excluding carboxylic acids is 2. The van der Waals surface area contributed by atoms with E-state index >= 15 is 0 Å². The van der Waals surface area contributed by atoms with Gasteiger partial charge in [-0.25, -0.2) is 17.9 Å². The third kappa shape index (κ3) is 11.5. The van der Waals surface area contributed by atoms with Crippen LogP contribution in [0, 0.1) is 5.92 Å². The van der Waals surface area contributed by atoms with Gasteiger partial charge in [-0.2, -0.15) is 0 Å². The second-order valence-corrected chi connectivity index (χ2v) is 14.6. The summed E-state index contributed by atoms with van der Waals surface area (Å²) < 4.78 is 38.4. The number of aliphatic hydroxyl groups is 1. The quantitative estimate of drug-likeness (QED) is 0.223. The van der Waals surface area contributed by atoms with Crippen LogP contribution < -0.4 is 9.46 Å². The topological polar surface area (TPSA) is 122 Å². The molecule has 0 saturated heterocycles. The van der Waals surface area contributed by atoms with Gasteiger partial charge in [0.25, 0.3) is 5.91 Å². The van der Waals surface area contributed by atoms with E-state index in [-0.39, 0.29) is 35.6 Å². The first-order valence-electron chi connectivity index (χ1n) is 15.2. The highest BCUT2D eigenvalue weighted by atomic mass is 32.2. The molecule has 0 bridgehead atoms. The summed E-state index contributed by atoms with van der Waals surface area (Å²) in [5.41, 5.74) is 2.82. The van der Waals surface area contributed by atoms with Gasteiger partial charge in [0.1, 0.15) is 11.4 Å². The molecule has 0 radical (unpaired) electrons. The van der Waals surface area contributed by atoms with E-state index in [0.717, 1.165) is 22.3 Å². The number of benzene rings is 3. The molecule has 0 aliphatic carbocycles. The Kier molecular flexibility index (Phi) is 12.2. The van der Waals surface area contributed by atoms with Crippen LogP contribution in [0.4, 0.5) is 4.79 Å². The first-order chi connectivity index (χ1) is 21.0. The molecule has 2 amide bonds. The van der Waals surface area contributed by atoms with Crippen molar-refractivity contribution >= 4 is 22.0 Å². The van der Waals surface area contributed by atoms with Crippen LogP contribution in [0.3, 0.4) is 0 Å². The molecule has 0 fully saturated rings. The van der Waals surface area contributed by atoms with Crippen LogP contribution in [0.25, 0.3) is 11.1 Å². The minimum atomic E-state index is -3.79. The number of nitrogens with one attached hydrogen (secondary N) is 1. The van der Waals surface area contributed by atoms with Crippen LogP contribution in [0.5, 0.6) is 5.75 Å². The molecule has 10 heteroatoms. The van der Waals surface area contributed by atoms with Crippen molar-refractivity contribution in [3.63, 3.8) is 0 Å². The third-order valence-electron chi connectivity index (χ3n) is 6.58. The number of amides is 2. The predicted molar refractivity (Wildman–Crippen MR) is 177 cm³/mol. The Morgan fingerprint density at radius 3 is 2.11 bits per heavy atom. The molecular formula is C35H46N2O7S. The van der Waals surface area contributed by atoms with Crippen LogP contribution in [-0.2, 0) is 21.2 Å². The van der Waals surface area contributed by atoms with Gasteiger partial charge in [-0.15, -0.1) is 0 Å². The number of hydrogen-bond donors (Lipinski definition) is 2. The Balaban J connectivity index is 1.77. The lowest BCUT2D eigenvalue weighted by Crippen LogP contribution is -2.40. The average Bonchev–Trinajstić information content (AvgIpc) is 2.93. The van der Waals surface area contributed by atoms with E-state index in [9.17, 15) is 23.1 Å². The fourth-order valence-electron chi connectivity index (χ4n) is 4.62. The van der Waals surface area contributed by atoms with Gasteiger partial charge in [-0.05, 0) is 81.3 Å². The van der Waals surface area contributed by atoms with E-state index in [1.165, 1.54) is 4.90 Å². The smallest absolute Gasteiger partial charge is 0.410 e. The van der Waals surface area contributed by atoms with Crippen molar-refractivity contribution < 1.29 is 32.6 Å². The number of hydrogen-bond acceptors (Lipinski definition) is 7. The van der Waals surface area contributed by atoms with Crippen molar-refractivity contribution in [1.29, 1.82) is 0 Å². The second kappa shape index (κ2) is 15.4. The molecule has 0 aromatic heterocycles. The molecule has 0 heterocycles. The Morgan fingerprint density at radius 2 is 1.53 bits per heavy atom. The van der Waals surface area contributed by atoms with Gasteiger partial charge >= 0.3 is 6.09 Å². The predicted octanol–water partition coefficient (Wildman–Crippen LogP) is 6.37. The van der Waals surface area contributed by atoms with Crippen molar-refractivity contribution in [2.24, 2.45) is 5.92 Å². The first kappa shape index (κ1) is 35.6. The lowest BCUT2D eigenvalue weighted by molar-refractivity contribution is 0.0147. The van der Waals surface area contributed by atoms with Crippen LogP contribution in [0.1, 0.15) is 76.1 Å². The summed E-state index contributed by atoms with van der Waals surface area (Å²) in [6.07, 6.45) is -1.06. The maximum Gasteiger partial charge on any atom is 0.410 e. The van der Waals surface area contributed by atoms with Crippen LogP contribution in [0.2, 0.25) is 0 Å². The van der Waals surface area contributed by atoms with Crippen LogP contribution in [-0.4, -0.2) is 61.0 Å². The summed E-state index contributed by atoms with van der Waals surface area (Å²) in [5, 5.41) is 10.8. The number of nitrogens with zero attached hydrogens (tertiary/aromatic N) is 1. The molecule has 45 heavy (non-hydrogen) atoms. The zero-order chi connectivity index (χ0) is 33.4. The van der Waals surface area contributed by atoms with Crippen molar-refractivity contribution in [3.05, 3.63) is 89.5 Å². The van der Waals surface area contributed by atoms with Gasteiger partial charge in [0, 0.05) is 6.54 Å². The Hall–Kier alpha value is -3.89. The molecule has 3 aromatic rings. The highest BCUT2D eigenvalue weighted by Crippen LogP contribution is 2.29. The van der Waals surface area contributed by atoms with Gasteiger partial charge in [0.2, 0.25) is 10.0 Å². The molecule has 0 aliphatic heterocycles. The average molecular weight is 639 g/mol. The summed E-state index contributed by atoms with van der Waals surface area (Å²) in [4.78, 5) is 27.5. The summed E-state index contributed by atoms with van der Waals surface area (Å²) in [6, 6.07) is 22.0. The lowest BCUT2D eigenvalue weighted by atomic mass is 10.0. The molecule has 3 rings (SSSR count). The van der Waals surface area contributed by atoms with E-state index < -0.39 is 33.7 Å². The van der Waals surface area contributed by atoms with Crippen molar-refractivity contribution in [3.8, 4) is 16.9 Å². The molecule has 9 nitrogen and oxygen atoms in total. The lowest BCUT2D eigenvalue weighted by Gasteiger charge is -2.29. The fraction of sp³-hybridized carbons (Fsp3) is 0.429. The maximum absolute atomic E-state index is 13.0. The van der Waals surface area contributed by atoms with E-state index in [2.05, 4.69) is 4.72 Å². The molecule has 0 saturated carbocycles. The molecular weight excluding hydrogens is 592 g/mol. The Bertz CT molecular complexity index is 1530. The standard InChI is InChI=1S/C35H46N2O7S/c1-24(2)23-45(41,42)36-33(39)30-18-17-29(21-32(30)43-25(3)4)27-15-13-26(14-16-27)19-20-37(34(40)44-35(5,6)7)22-31(38)28-11-9-8-10-12-28/h8-18,21,24-25,31,38H,19-20,22-23H2,1-7H3,(H,36,39)/t31-/m0/s1. The zero-order valence-corrected chi connectivity index (χ0v) is 28.1. The minimum Gasteiger partial charge on any atom is -0.490 e. The van der Waals surface area contributed by atoms with E-state index in [1.807, 2.05) is 68.4 Å². The van der Waals surface area contributed by atoms with Crippen molar-refractivity contribution in [2.45, 2.75) is 72.7 Å². The fourth-order valence-corrected chi connectivity index (χ4v) is 5.97. The number of ether oxygens (including phenoxy) is 2. The maximum atomic E-state index is 13.0. The number of sulfonamides is 1. The molecule has 244 valence electrons. The molecule has 0 spiro atoms. The second-order valence-electron chi connectivity index (χ2n) is 12.8. The molecule has 0 aliphatic rings. The van der Waals surface area contributed by atoms with Gasteiger partial charge in [0.15, 0.2) is 0 Å². The van der Waals surface area contributed by atoms with Gasteiger partial charge in [-0.3, -0.25) is 4.79 Å². The van der Waals surface area contributed by atoms with Crippen LogP contribution >= 0.6 is 0 Å². The summed E-state index contributed by atoms with van der Waals surface area (Å²) >= 11 is 0. The minimum absolute atomic E-state index is 0.0916. The van der Waals surface area contributed by atoms with Gasteiger partial charge in [0.05, 0.1) is 30.1 Å². The largest absolute Gasteiger partial charge is 0.490 e. The van der Waals surface area contributed by atoms with Crippen LogP contribution in [0.15, 0.2) is 72.8 Å². The highest BCUT2D eigenvalue weighted by molar-refractivity contribution is 7.90. The van der Waals surface area contributed by atoms with Gasteiger partial charge < -0.3 is 19.5 Å². The first-order valence-corrected chi connectivity index (χ1v) is 16.8. The number of rotatable bonds is 13. The Morgan fingerprint density at radius 1 is 0.911 bits per heavy atom. The number of carbonyl (C=O) groups is 2. The molecule has 3 aromatic carbocycles. The van der Waals surface area contributed by atoms with E-state index in [1.54, 1.807) is 52.8 Å². The summed E-state index contributed by atoms with van der Waals surface area (Å²) in [6.45, 7) is 13.1. The van der Waals surface area contributed by atoms with Crippen molar-refractivity contribution in [2.75, 3.05) is 18.8 Å².